The average molecular weight is 256 g/mol. The van der Waals surface area contributed by atoms with Crippen molar-refractivity contribution in [2.45, 2.75) is 31.1 Å². The molecule has 0 radical (unpaired) electrons. The van der Waals surface area contributed by atoms with Crippen LogP contribution in [0.1, 0.15) is 30.5 Å². The van der Waals surface area contributed by atoms with Crippen LogP contribution in [0.15, 0.2) is 18.2 Å². The summed E-state index contributed by atoms with van der Waals surface area (Å²) in [6.45, 7) is 3.34. The zero-order valence-electron chi connectivity index (χ0n) is 9.79. The molecule has 1 nitrogen and oxygen atoms in total. The van der Waals surface area contributed by atoms with E-state index in [9.17, 15) is 0 Å². The lowest BCUT2D eigenvalue weighted by Gasteiger charge is -2.16. The van der Waals surface area contributed by atoms with E-state index >= 15 is 0 Å². The SMILES string of the molecule is CSC(C)CNC1CCc2cc(Cl)ccc21. The van der Waals surface area contributed by atoms with Crippen LogP contribution >= 0.6 is 23.4 Å². The van der Waals surface area contributed by atoms with Crippen LogP contribution in [0.2, 0.25) is 5.02 Å². The summed E-state index contributed by atoms with van der Waals surface area (Å²) in [7, 11) is 0. The summed E-state index contributed by atoms with van der Waals surface area (Å²) in [5.41, 5.74) is 2.86. The average Bonchev–Trinajstić information content (AvgIpc) is 2.68. The van der Waals surface area contributed by atoms with Crippen molar-refractivity contribution < 1.29 is 0 Å². The van der Waals surface area contributed by atoms with Gasteiger partial charge in [-0.3, -0.25) is 0 Å². The number of aryl methyl sites for hydroxylation is 1. The van der Waals surface area contributed by atoms with Crippen LogP contribution in [-0.4, -0.2) is 18.1 Å². The first kappa shape index (κ1) is 12.3. The van der Waals surface area contributed by atoms with Gasteiger partial charge < -0.3 is 5.32 Å². The summed E-state index contributed by atoms with van der Waals surface area (Å²) < 4.78 is 0. The zero-order chi connectivity index (χ0) is 11.5. The second kappa shape index (κ2) is 5.44. The Labute approximate surface area is 107 Å². The Morgan fingerprint density at radius 3 is 3.12 bits per heavy atom. The summed E-state index contributed by atoms with van der Waals surface area (Å²) in [5.74, 6) is 0. The van der Waals surface area contributed by atoms with Gasteiger partial charge in [0.15, 0.2) is 0 Å². The van der Waals surface area contributed by atoms with Crippen LogP contribution in [0.4, 0.5) is 0 Å². The maximum absolute atomic E-state index is 6.00. The van der Waals surface area contributed by atoms with Gasteiger partial charge in [0.25, 0.3) is 0 Å². The van der Waals surface area contributed by atoms with Gasteiger partial charge in [0.2, 0.25) is 0 Å². The molecule has 1 aliphatic rings. The van der Waals surface area contributed by atoms with Gasteiger partial charge in [-0.05, 0) is 42.4 Å². The second-order valence-corrected chi connectivity index (χ2v) is 6.10. The van der Waals surface area contributed by atoms with Crippen molar-refractivity contribution in [2.75, 3.05) is 12.8 Å². The van der Waals surface area contributed by atoms with Crippen molar-refractivity contribution in [3.63, 3.8) is 0 Å². The van der Waals surface area contributed by atoms with Crippen LogP contribution in [0.5, 0.6) is 0 Å². The molecule has 3 heteroatoms. The number of thioether (sulfide) groups is 1. The lowest BCUT2D eigenvalue weighted by molar-refractivity contribution is 0.533. The Balaban J connectivity index is 2.01. The van der Waals surface area contributed by atoms with Crippen molar-refractivity contribution in [3.05, 3.63) is 34.3 Å². The van der Waals surface area contributed by atoms with Gasteiger partial charge in [-0.15, -0.1) is 0 Å². The molecule has 1 aliphatic carbocycles. The third kappa shape index (κ3) is 2.73. The van der Waals surface area contributed by atoms with Gasteiger partial charge in [0.1, 0.15) is 0 Å². The number of halogens is 1. The molecule has 0 aromatic heterocycles. The molecule has 0 saturated heterocycles. The Morgan fingerprint density at radius 1 is 1.56 bits per heavy atom. The van der Waals surface area contributed by atoms with E-state index in [0.717, 1.165) is 18.0 Å². The Hall–Kier alpha value is -0.180. The zero-order valence-corrected chi connectivity index (χ0v) is 11.4. The first-order valence-electron chi connectivity index (χ1n) is 5.75. The first-order valence-corrected chi connectivity index (χ1v) is 7.42. The number of nitrogens with one attached hydrogen (secondary N) is 1. The molecule has 2 rings (SSSR count). The smallest absolute Gasteiger partial charge is 0.0408 e. The molecule has 0 saturated carbocycles. The summed E-state index contributed by atoms with van der Waals surface area (Å²) in [4.78, 5) is 0. The van der Waals surface area contributed by atoms with Gasteiger partial charge in [-0.1, -0.05) is 24.6 Å². The highest BCUT2D eigenvalue weighted by atomic mass is 35.5. The predicted octanol–water partition coefficient (Wildman–Crippen LogP) is 3.67. The summed E-state index contributed by atoms with van der Waals surface area (Å²) in [6.07, 6.45) is 4.52. The Bertz CT molecular complexity index is 367. The van der Waals surface area contributed by atoms with E-state index in [2.05, 4.69) is 30.6 Å². The van der Waals surface area contributed by atoms with Crippen LogP contribution in [0.25, 0.3) is 0 Å². The van der Waals surface area contributed by atoms with Crippen molar-refractivity contribution in [2.24, 2.45) is 0 Å². The fourth-order valence-electron chi connectivity index (χ4n) is 2.19. The van der Waals surface area contributed by atoms with E-state index in [4.69, 9.17) is 11.6 Å². The molecule has 2 atom stereocenters. The summed E-state index contributed by atoms with van der Waals surface area (Å²) in [6, 6.07) is 6.81. The van der Waals surface area contributed by atoms with Crippen molar-refractivity contribution in [3.8, 4) is 0 Å². The van der Waals surface area contributed by atoms with E-state index in [-0.39, 0.29) is 0 Å². The van der Waals surface area contributed by atoms with E-state index in [0.29, 0.717) is 11.3 Å². The fraction of sp³-hybridized carbons (Fsp3) is 0.538. The third-order valence-electron chi connectivity index (χ3n) is 3.24. The van der Waals surface area contributed by atoms with Crippen molar-refractivity contribution in [1.29, 1.82) is 0 Å². The number of fused-ring (bicyclic) bond motifs is 1. The highest BCUT2D eigenvalue weighted by Gasteiger charge is 2.22. The highest BCUT2D eigenvalue weighted by molar-refractivity contribution is 7.99. The molecule has 0 spiro atoms. The molecule has 0 amide bonds. The van der Waals surface area contributed by atoms with Crippen LogP contribution < -0.4 is 5.32 Å². The first-order chi connectivity index (χ1) is 7.70. The van der Waals surface area contributed by atoms with E-state index in [1.54, 1.807) is 0 Å². The minimum absolute atomic E-state index is 0.530. The molecule has 1 N–H and O–H groups in total. The lowest BCUT2D eigenvalue weighted by atomic mass is 10.1. The minimum Gasteiger partial charge on any atom is -0.309 e. The molecule has 0 aliphatic heterocycles. The van der Waals surface area contributed by atoms with Crippen molar-refractivity contribution >= 4 is 23.4 Å². The van der Waals surface area contributed by atoms with E-state index in [1.165, 1.54) is 17.5 Å². The molecule has 1 aromatic rings. The quantitative estimate of drug-likeness (QED) is 0.881. The van der Waals surface area contributed by atoms with Gasteiger partial charge in [0.05, 0.1) is 0 Å². The number of hydrogen-bond acceptors (Lipinski definition) is 2. The monoisotopic (exact) mass is 255 g/mol. The topological polar surface area (TPSA) is 12.0 Å². The van der Waals surface area contributed by atoms with Gasteiger partial charge in [-0.2, -0.15) is 11.8 Å². The molecule has 1 aromatic carbocycles. The van der Waals surface area contributed by atoms with Gasteiger partial charge >= 0.3 is 0 Å². The fourth-order valence-corrected chi connectivity index (χ4v) is 2.65. The molecule has 16 heavy (non-hydrogen) atoms. The predicted molar refractivity (Wildman–Crippen MR) is 73.5 cm³/mol. The molecular weight excluding hydrogens is 238 g/mol. The molecule has 2 unspecified atom stereocenters. The number of benzene rings is 1. The molecule has 88 valence electrons. The standard InChI is InChI=1S/C13H18ClNS/c1-9(16-2)8-15-13-6-3-10-7-11(14)4-5-12(10)13/h4-5,7,9,13,15H,3,6,8H2,1-2H3. The lowest BCUT2D eigenvalue weighted by Crippen LogP contribution is -2.26. The largest absolute Gasteiger partial charge is 0.309 e. The van der Waals surface area contributed by atoms with Gasteiger partial charge in [0, 0.05) is 22.9 Å². The molecule has 0 fully saturated rings. The highest BCUT2D eigenvalue weighted by Crippen LogP contribution is 2.32. The van der Waals surface area contributed by atoms with Crippen LogP contribution in [-0.2, 0) is 6.42 Å². The minimum atomic E-state index is 0.530. The van der Waals surface area contributed by atoms with Crippen LogP contribution in [0.3, 0.4) is 0 Å². The third-order valence-corrected chi connectivity index (χ3v) is 4.44. The Kier molecular flexibility index (Phi) is 4.17. The van der Waals surface area contributed by atoms with Gasteiger partial charge in [-0.25, -0.2) is 0 Å². The van der Waals surface area contributed by atoms with E-state index in [1.807, 2.05) is 17.8 Å². The van der Waals surface area contributed by atoms with Crippen LogP contribution in [0, 0.1) is 0 Å². The number of hydrogen-bond donors (Lipinski definition) is 1. The number of rotatable bonds is 4. The molecule has 0 heterocycles. The summed E-state index contributed by atoms with van der Waals surface area (Å²) in [5, 5.41) is 5.18. The maximum atomic E-state index is 6.00. The second-order valence-electron chi connectivity index (χ2n) is 4.39. The Morgan fingerprint density at radius 2 is 2.38 bits per heavy atom. The molecule has 0 bridgehead atoms. The van der Waals surface area contributed by atoms with Crippen molar-refractivity contribution in [1.82, 2.24) is 5.32 Å². The normalized spacial score (nSPS) is 20.8. The molecular formula is C13H18ClNS. The maximum Gasteiger partial charge on any atom is 0.0408 e. The summed E-state index contributed by atoms with van der Waals surface area (Å²) >= 11 is 7.91. The van der Waals surface area contributed by atoms with E-state index < -0.39 is 0 Å².